The summed E-state index contributed by atoms with van der Waals surface area (Å²) >= 11 is 3.25. The van der Waals surface area contributed by atoms with E-state index in [1.54, 1.807) is 23.1 Å². The summed E-state index contributed by atoms with van der Waals surface area (Å²) in [6.45, 7) is 4.55. The number of hydrogen-bond donors (Lipinski definition) is 2. The van der Waals surface area contributed by atoms with Crippen LogP contribution in [0.1, 0.15) is 56.9 Å². The zero-order chi connectivity index (χ0) is 31.2. The minimum atomic E-state index is -0.571. The molecule has 1 amide bonds. The van der Waals surface area contributed by atoms with E-state index >= 15 is 0 Å². The third-order valence-corrected chi connectivity index (χ3v) is 9.97. The lowest BCUT2D eigenvalue weighted by Gasteiger charge is -2.41. The van der Waals surface area contributed by atoms with Crippen molar-refractivity contribution in [2.45, 2.75) is 49.8 Å². The number of rotatable bonds is 10. The first-order valence-corrected chi connectivity index (χ1v) is 16.7. The average Bonchev–Trinajstić information content (AvgIpc) is 3.52. The summed E-state index contributed by atoms with van der Waals surface area (Å²) in [7, 11) is 0. The third-order valence-electron chi connectivity index (χ3n) is 7.91. The number of ether oxygens (including phenoxy) is 2. The fourth-order valence-electron chi connectivity index (χ4n) is 5.40. The molecule has 1 aliphatic rings. The Morgan fingerprint density at radius 3 is 2.36 bits per heavy atom. The first-order valence-electron chi connectivity index (χ1n) is 14.9. The van der Waals surface area contributed by atoms with Crippen LogP contribution in [0.4, 0.5) is 0 Å². The van der Waals surface area contributed by atoms with E-state index in [-0.39, 0.29) is 30.6 Å². The summed E-state index contributed by atoms with van der Waals surface area (Å²) in [5.41, 5.74) is 6.58. The number of hydrogen-bond acceptors (Lipinski definition) is 8. The van der Waals surface area contributed by atoms with Crippen LogP contribution in [0.5, 0.6) is 0 Å². The maximum atomic E-state index is 12.6. The van der Waals surface area contributed by atoms with E-state index in [2.05, 4.69) is 46.7 Å². The Bertz CT molecular complexity index is 1730. The Balaban J connectivity index is 1.22. The summed E-state index contributed by atoms with van der Waals surface area (Å²) in [6.07, 6.45) is -0.863. The molecule has 0 spiro atoms. The number of carbonyl (C=O) groups is 1. The van der Waals surface area contributed by atoms with Crippen LogP contribution in [-0.2, 0) is 22.6 Å². The standard InChI is InChI=1S/C36H35N3O4S2/c1-23-32(22-44-36-39-38-24(2)45-36)42-35(43-33(23)27-16-14-25(21-40)15-17-27)31-13-7-12-30(19-31)29-11-6-8-26(18-29)20-37-34(41)28-9-4-3-5-10-28/h3-19,23,32-33,35,40H,20-22H2,1-2H3,(H,37,41)/t23-,32+,33+,35+/m0/s1. The summed E-state index contributed by atoms with van der Waals surface area (Å²) in [6, 6.07) is 33.6. The van der Waals surface area contributed by atoms with Gasteiger partial charge in [-0.1, -0.05) is 109 Å². The summed E-state index contributed by atoms with van der Waals surface area (Å²) < 4.78 is 14.3. The molecule has 0 unspecified atom stereocenters. The Labute approximate surface area is 271 Å². The van der Waals surface area contributed by atoms with Crippen molar-refractivity contribution in [2.75, 3.05) is 5.75 Å². The highest BCUT2D eigenvalue weighted by molar-refractivity contribution is 8.01. The molecule has 6 rings (SSSR count). The molecule has 1 aromatic heterocycles. The van der Waals surface area contributed by atoms with Crippen molar-refractivity contribution in [1.82, 2.24) is 15.5 Å². The molecular formula is C36H35N3O4S2. The zero-order valence-corrected chi connectivity index (χ0v) is 26.8. The first-order chi connectivity index (χ1) is 22.0. The van der Waals surface area contributed by atoms with Crippen LogP contribution < -0.4 is 5.32 Å². The Morgan fingerprint density at radius 1 is 0.867 bits per heavy atom. The van der Waals surface area contributed by atoms with Crippen LogP contribution >= 0.6 is 23.1 Å². The second kappa shape index (κ2) is 14.5. The molecule has 9 heteroatoms. The minimum absolute atomic E-state index is 0.00101. The van der Waals surface area contributed by atoms with Crippen molar-refractivity contribution in [3.05, 3.63) is 136 Å². The third kappa shape index (κ3) is 7.69. The smallest absolute Gasteiger partial charge is 0.251 e. The molecule has 5 aromatic rings. The van der Waals surface area contributed by atoms with Gasteiger partial charge in [0.25, 0.3) is 5.91 Å². The van der Waals surface area contributed by atoms with E-state index in [1.807, 2.05) is 85.8 Å². The number of aliphatic hydroxyl groups excluding tert-OH is 1. The predicted molar refractivity (Wildman–Crippen MR) is 178 cm³/mol. The molecule has 0 radical (unpaired) electrons. The molecule has 1 fully saturated rings. The van der Waals surface area contributed by atoms with E-state index in [0.29, 0.717) is 12.1 Å². The predicted octanol–water partition coefficient (Wildman–Crippen LogP) is 7.52. The van der Waals surface area contributed by atoms with Crippen LogP contribution in [0.2, 0.25) is 0 Å². The summed E-state index contributed by atoms with van der Waals surface area (Å²) in [4.78, 5) is 12.6. The van der Waals surface area contributed by atoms with Gasteiger partial charge in [-0.25, -0.2) is 0 Å². The van der Waals surface area contributed by atoms with E-state index in [1.165, 1.54) is 0 Å². The van der Waals surface area contributed by atoms with Crippen molar-refractivity contribution in [2.24, 2.45) is 5.92 Å². The second-order valence-electron chi connectivity index (χ2n) is 11.1. The van der Waals surface area contributed by atoms with Gasteiger partial charge in [-0.05, 0) is 59.0 Å². The quantitative estimate of drug-likeness (QED) is 0.153. The number of carbonyl (C=O) groups excluding carboxylic acids is 1. The van der Waals surface area contributed by atoms with Gasteiger partial charge in [0.1, 0.15) is 5.01 Å². The molecule has 1 saturated heterocycles. The Kier molecular flexibility index (Phi) is 10.0. The fraction of sp³-hybridized carbons (Fsp3) is 0.250. The van der Waals surface area contributed by atoms with Gasteiger partial charge in [0, 0.05) is 29.3 Å². The number of nitrogens with one attached hydrogen (secondary N) is 1. The molecule has 0 aliphatic carbocycles. The molecule has 45 heavy (non-hydrogen) atoms. The molecule has 0 saturated carbocycles. The van der Waals surface area contributed by atoms with Gasteiger partial charge in [-0.15, -0.1) is 10.2 Å². The van der Waals surface area contributed by atoms with E-state index in [9.17, 15) is 9.90 Å². The highest BCUT2D eigenvalue weighted by Crippen LogP contribution is 2.43. The lowest BCUT2D eigenvalue weighted by molar-refractivity contribution is -0.268. The van der Waals surface area contributed by atoms with Crippen LogP contribution in [0, 0.1) is 12.8 Å². The molecule has 1 aliphatic heterocycles. The van der Waals surface area contributed by atoms with Crippen LogP contribution in [0.25, 0.3) is 11.1 Å². The monoisotopic (exact) mass is 637 g/mol. The normalized spacial score (nSPS) is 19.7. The minimum Gasteiger partial charge on any atom is -0.392 e. The molecule has 2 N–H and O–H groups in total. The van der Waals surface area contributed by atoms with E-state index in [0.717, 1.165) is 48.5 Å². The molecular weight excluding hydrogens is 603 g/mol. The fourth-order valence-corrected chi connectivity index (χ4v) is 7.40. The van der Waals surface area contributed by atoms with Crippen LogP contribution in [0.3, 0.4) is 0 Å². The number of benzene rings is 4. The average molecular weight is 638 g/mol. The largest absolute Gasteiger partial charge is 0.392 e. The summed E-state index contributed by atoms with van der Waals surface area (Å²) in [5.74, 6) is 0.698. The lowest BCUT2D eigenvalue weighted by Crippen LogP contribution is -2.38. The number of aryl methyl sites for hydroxylation is 1. The number of amides is 1. The summed E-state index contributed by atoms with van der Waals surface area (Å²) in [5, 5.41) is 22.0. The first kappa shape index (κ1) is 31.1. The molecule has 2 heterocycles. The maximum absolute atomic E-state index is 12.6. The van der Waals surface area contributed by atoms with Gasteiger partial charge >= 0.3 is 0 Å². The highest BCUT2D eigenvalue weighted by Gasteiger charge is 2.38. The Hall–Kier alpha value is -3.86. The number of aromatic nitrogens is 2. The van der Waals surface area contributed by atoms with Gasteiger partial charge in [0.05, 0.1) is 18.8 Å². The Morgan fingerprint density at radius 2 is 1.62 bits per heavy atom. The number of thioether (sulfide) groups is 1. The van der Waals surface area contributed by atoms with Crippen molar-refractivity contribution in [3.63, 3.8) is 0 Å². The zero-order valence-electron chi connectivity index (χ0n) is 25.1. The maximum Gasteiger partial charge on any atom is 0.251 e. The van der Waals surface area contributed by atoms with Gasteiger partial charge in [0.2, 0.25) is 0 Å². The SMILES string of the molecule is Cc1nnc(SC[C@H]2O[C@@H](c3cccc(-c4cccc(CNC(=O)c5ccccc5)c4)c3)O[C@@H](c3ccc(CO)cc3)[C@H]2C)s1. The van der Waals surface area contributed by atoms with Crippen molar-refractivity contribution in [3.8, 4) is 11.1 Å². The molecule has 7 nitrogen and oxygen atoms in total. The topological polar surface area (TPSA) is 93.6 Å². The van der Waals surface area contributed by atoms with Gasteiger partial charge in [-0.3, -0.25) is 4.79 Å². The highest BCUT2D eigenvalue weighted by atomic mass is 32.2. The van der Waals surface area contributed by atoms with E-state index < -0.39 is 6.29 Å². The van der Waals surface area contributed by atoms with Crippen molar-refractivity contribution in [1.29, 1.82) is 0 Å². The second-order valence-corrected chi connectivity index (χ2v) is 13.5. The molecule has 4 aromatic carbocycles. The van der Waals surface area contributed by atoms with Crippen LogP contribution in [-0.4, -0.2) is 33.1 Å². The van der Waals surface area contributed by atoms with Crippen LogP contribution in [0.15, 0.2) is 107 Å². The van der Waals surface area contributed by atoms with Crippen molar-refractivity contribution < 1.29 is 19.4 Å². The lowest BCUT2D eigenvalue weighted by atomic mass is 9.91. The number of nitrogens with zero attached hydrogens (tertiary/aromatic N) is 2. The van der Waals surface area contributed by atoms with Gasteiger partial charge in [-0.2, -0.15) is 0 Å². The number of aliphatic hydroxyl groups is 1. The van der Waals surface area contributed by atoms with E-state index in [4.69, 9.17) is 9.47 Å². The van der Waals surface area contributed by atoms with Gasteiger partial charge < -0.3 is 19.9 Å². The molecule has 4 atom stereocenters. The molecule has 230 valence electrons. The molecule has 0 bridgehead atoms. The van der Waals surface area contributed by atoms with Gasteiger partial charge in [0.15, 0.2) is 10.6 Å². The van der Waals surface area contributed by atoms with Crippen molar-refractivity contribution >= 4 is 29.0 Å².